The summed E-state index contributed by atoms with van der Waals surface area (Å²) >= 11 is 0. The molecule has 2 aromatic carbocycles. The maximum atomic E-state index is 10.9. The number of fused-ring (bicyclic) bond motifs is 1. The number of benzene rings is 2. The van der Waals surface area contributed by atoms with Gasteiger partial charge in [-0.05, 0) is 35.4 Å². The van der Waals surface area contributed by atoms with Crippen molar-refractivity contribution in [2.75, 3.05) is 5.32 Å². The number of rotatable bonds is 6. The zero-order chi connectivity index (χ0) is 20.1. The molecule has 29 heavy (non-hydrogen) atoms. The molecule has 4 aromatic rings. The van der Waals surface area contributed by atoms with Gasteiger partial charge in [0, 0.05) is 12.3 Å². The summed E-state index contributed by atoms with van der Waals surface area (Å²) in [6, 6.07) is 21.6. The van der Waals surface area contributed by atoms with Gasteiger partial charge in [-0.25, -0.2) is 14.8 Å². The zero-order valence-corrected chi connectivity index (χ0v) is 15.5. The van der Waals surface area contributed by atoms with Crippen molar-refractivity contribution in [3.05, 3.63) is 90.5 Å². The highest BCUT2D eigenvalue weighted by Crippen LogP contribution is 2.32. The Bertz CT molecular complexity index is 1180. The van der Waals surface area contributed by atoms with Crippen molar-refractivity contribution in [2.24, 2.45) is 0 Å². The van der Waals surface area contributed by atoms with Crippen LogP contribution in [-0.2, 0) is 11.3 Å². The third-order valence-electron chi connectivity index (χ3n) is 4.36. The van der Waals surface area contributed by atoms with Crippen LogP contribution in [0.1, 0.15) is 11.5 Å². The van der Waals surface area contributed by atoms with E-state index in [1.807, 2.05) is 66.7 Å². The molecule has 0 spiro atoms. The molecular weight excluding hydrogens is 364 g/mol. The Morgan fingerprint density at radius 1 is 0.966 bits per heavy atom. The normalized spacial score (nSPS) is 11.0. The molecule has 0 aliphatic heterocycles. The van der Waals surface area contributed by atoms with Crippen LogP contribution in [0.5, 0.6) is 0 Å². The number of carboxylic acid groups (broad SMARTS) is 1. The monoisotopic (exact) mass is 382 g/mol. The first-order valence-corrected chi connectivity index (χ1v) is 9.12. The molecule has 0 aliphatic rings. The van der Waals surface area contributed by atoms with E-state index in [9.17, 15) is 4.79 Å². The van der Waals surface area contributed by atoms with Crippen LogP contribution in [0.4, 0.5) is 5.82 Å². The fraction of sp³-hybridized carbons (Fsp3) is 0.0435. The third-order valence-corrected chi connectivity index (χ3v) is 4.36. The van der Waals surface area contributed by atoms with E-state index >= 15 is 0 Å². The summed E-state index contributed by atoms with van der Waals surface area (Å²) in [7, 11) is 0. The minimum Gasteiger partial charge on any atom is -0.478 e. The molecule has 6 nitrogen and oxygen atoms in total. The zero-order valence-electron chi connectivity index (χ0n) is 15.5. The highest BCUT2D eigenvalue weighted by molar-refractivity contribution is 6.02. The summed E-state index contributed by atoms with van der Waals surface area (Å²) in [5, 5.41) is 13.2. The van der Waals surface area contributed by atoms with Crippen LogP contribution in [0.15, 0.2) is 79.0 Å². The van der Waals surface area contributed by atoms with Crippen LogP contribution in [0.25, 0.3) is 28.1 Å². The van der Waals surface area contributed by atoms with Crippen LogP contribution in [0, 0.1) is 0 Å². The molecule has 0 saturated heterocycles. The van der Waals surface area contributed by atoms with E-state index in [1.165, 1.54) is 6.08 Å². The van der Waals surface area contributed by atoms with E-state index in [0.717, 1.165) is 33.8 Å². The lowest BCUT2D eigenvalue weighted by atomic mass is 10.0. The molecule has 0 atom stereocenters. The third kappa shape index (κ3) is 4.27. The number of nitrogens with zero attached hydrogens (tertiary/aromatic N) is 3. The molecule has 2 N–H and O–H groups in total. The van der Waals surface area contributed by atoms with Gasteiger partial charge >= 0.3 is 5.97 Å². The number of hydrogen-bond acceptors (Lipinski definition) is 5. The van der Waals surface area contributed by atoms with Crippen LogP contribution in [0.3, 0.4) is 0 Å². The van der Waals surface area contributed by atoms with E-state index in [-0.39, 0.29) is 0 Å². The summed E-state index contributed by atoms with van der Waals surface area (Å²) in [5.74, 6) is -0.0893. The predicted molar refractivity (Wildman–Crippen MR) is 113 cm³/mol. The second-order valence-electron chi connectivity index (χ2n) is 6.34. The number of hydrogen-bond donors (Lipinski definition) is 2. The quantitative estimate of drug-likeness (QED) is 0.481. The highest BCUT2D eigenvalue weighted by Gasteiger charge is 2.12. The number of aromatic nitrogens is 3. The van der Waals surface area contributed by atoms with Crippen molar-refractivity contribution in [1.29, 1.82) is 0 Å². The molecule has 0 aliphatic carbocycles. The molecule has 0 fully saturated rings. The molecule has 0 amide bonds. The van der Waals surface area contributed by atoms with Crippen LogP contribution < -0.4 is 5.32 Å². The van der Waals surface area contributed by atoms with E-state index in [2.05, 4.69) is 20.3 Å². The number of aliphatic carboxylic acids is 1. The van der Waals surface area contributed by atoms with E-state index < -0.39 is 5.97 Å². The Kier molecular flexibility index (Phi) is 5.25. The van der Waals surface area contributed by atoms with Crippen molar-refractivity contribution in [2.45, 2.75) is 6.54 Å². The molecule has 0 bridgehead atoms. The van der Waals surface area contributed by atoms with E-state index in [1.54, 1.807) is 6.20 Å². The fourth-order valence-electron chi connectivity index (χ4n) is 3.08. The first kappa shape index (κ1) is 18.3. The van der Waals surface area contributed by atoms with Crippen molar-refractivity contribution in [1.82, 2.24) is 15.0 Å². The van der Waals surface area contributed by atoms with Gasteiger partial charge in [0.1, 0.15) is 5.82 Å². The Morgan fingerprint density at radius 3 is 2.55 bits per heavy atom. The molecule has 0 saturated carbocycles. The van der Waals surface area contributed by atoms with Gasteiger partial charge in [0.05, 0.1) is 23.1 Å². The average Bonchev–Trinajstić information content (AvgIpc) is 2.77. The lowest BCUT2D eigenvalue weighted by molar-refractivity contribution is -0.131. The van der Waals surface area contributed by atoms with Gasteiger partial charge in [0.15, 0.2) is 5.82 Å². The average molecular weight is 382 g/mol. The second-order valence-corrected chi connectivity index (χ2v) is 6.34. The predicted octanol–water partition coefficient (Wildman–Crippen LogP) is 4.40. The van der Waals surface area contributed by atoms with Gasteiger partial charge in [0.2, 0.25) is 0 Å². The van der Waals surface area contributed by atoms with Gasteiger partial charge in [-0.1, -0.05) is 48.5 Å². The van der Waals surface area contributed by atoms with Gasteiger partial charge in [-0.2, -0.15) is 0 Å². The standard InChI is InChI=1S/C23H18N4O2/c28-21(29)13-12-20-26-19-11-6-10-18(16-7-2-1-3-8-16)22(19)23(27-20)25-15-17-9-4-5-14-24-17/h1-14H,15H2,(H,28,29)(H,25,26,27). The maximum Gasteiger partial charge on any atom is 0.328 e. The lowest BCUT2D eigenvalue weighted by Gasteiger charge is -2.13. The summed E-state index contributed by atoms with van der Waals surface area (Å²) in [4.78, 5) is 24.3. The number of carbonyl (C=O) groups is 1. The Hall–Kier alpha value is -4.06. The van der Waals surface area contributed by atoms with Crippen molar-refractivity contribution in [3.8, 4) is 11.1 Å². The highest BCUT2D eigenvalue weighted by atomic mass is 16.4. The number of pyridine rings is 1. The van der Waals surface area contributed by atoms with E-state index in [4.69, 9.17) is 5.11 Å². The Labute approximate surface area is 167 Å². The Morgan fingerprint density at radius 2 is 1.79 bits per heavy atom. The topological polar surface area (TPSA) is 88.0 Å². The molecule has 6 heteroatoms. The SMILES string of the molecule is O=C(O)C=Cc1nc(NCc2ccccn2)c2c(-c3ccccc3)cccc2n1. The second kappa shape index (κ2) is 8.31. The van der Waals surface area contributed by atoms with Crippen molar-refractivity contribution in [3.63, 3.8) is 0 Å². The summed E-state index contributed by atoms with van der Waals surface area (Å²) in [6.07, 6.45) is 4.17. The van der Waals surface area contributed by atoms with Gasteiger partial charge < -0.3 is 10.4 Å². The fourth-order valence-corrected chi connectivity index (χ4v) is 3.08. The molecule has 2 heterocycles. The van der Waals surface area contributed by atoms with Crippen LogP contribution in [-0.4, -0.2) is 26.0 Å². The number of nitrogens with one attached hydrogen (secondary N) is 1. The largest absolute Gasteiger partial charge is 0.478 e. The number of carboxylic acids is 1. The van der Waals surface area contributed by atoms with Gasteiger partial charge in [-0.3, -0.25) is 4.98 Å². The minimum absolute atomic E-state index is 0.327. The summed E-state index contributed by atoms with van der Waals surface area (Å²) in [5.41, 5.74) is 3.66. The van der Waals surface area contributed by atoms with Gasteiger partial charge in [0.25, 0.3) is 0 Å². The lowest BCUT2D eigenvalue weighted by Crippen LogP contribution is -2.06. The molecule has 0 unspecified atom stereocenters. The summed E-state index contributed by atoms with van der Waals surface area (Å²) < 4.78 is 0. The molecular formula is C23H18N4O2. The number of anilines is 1. The van der Waals surface area contributed by atoms with Gasteiger partial charge in [-0.15, -0.1) is 0 Å². The molecule has 142 valence electrons. The van der Waals surface area contributed by atoms with Crippen LogP contribution >= 0.6 is 0 Å². The molecule has 2 aromatic heterocycles. The van der Waals surface area contributed by atoms with E-state index in [0.29, 0.717) is 18.2 Å². The Balaban J connectivity index is 1.84. The van der Waals surface area contributed by atoms with Crippen LogP contribution in [0.2, 0.25) is 0 Å². The smallest absolute Gasteiger partial charge is 0.328 e. The molecule has 0 radical (unpaired) electrons. The summed E-state index contributed by atoms with van der Waals surface area (Å²) in [6.45, 7) is 0.484. The van der Waals surface area contributed by atoms with Crippen molar-refractivity contribution >= 4 is 28.8 Å². The maximum absolute atomic E-state index is 10.9. The first-order valence-electron chi connectivity index (χ1n) is 9.12. The first-order chi connectivity index (χ1) is 14.2. The molecule has 4 rings (SSSR count). The minimum atomic E-state index is -1.05. The van der Waals surface area contributed by atoms with Crippen molar-refractivity contribution < 1.29 is 9.90 Å².